The molecule has 0 aliphatic carbocycles. The van der Waals surface area contributed by atoms with Crippen molar-refractivity contribution in [3.63, 3.8) is 0 Å². The van der Waals surface area contributed by atoms with E-state index >= 15 is 0 Å². The summed E-state index contributed by atoms with van der Waals surface area (Å²) in [5.74, 6) is -0.923. The van der Waals surface area contributed by atoms with Gasteiger partial charge in [-0.15, -0.1) is 0 Å². The molecule has 0 spiro atoms. The van der Waals surface area contributed by atoms with Gasteiger partial charge in [-0.2, -0.15) is 0 Å². The lowest BCUT2D eigenvalue weighted by Crippen LogP contribution is -2.54. The summed E-state index contributed by atoms with van der Waals surface area (Å²) in [6.07, 6.45) is 1.36. The predicted octanol–water partition coefficient (Wildman–Crippen LogP) is 3.32. The normalized spacial score (nSPS) is 18.0. The molecule has 27 heavy (non-hydrogen) atoms. The predicted molar refractivity (Wildman–Crippen MR) is 104 cm³/mol. The van der Waals surface area contributed by atoms with Crippen LogP contribution in [0.25, 0.3) is 10.9 Å². The van der Waals surface area contributed by atoms with Crippen molar-refractivity contribution in [2.24, 2.45) is 7.05 Å². The standard InChI is InChI=1S/C20H27N3O4/c1-13-11-22(19(26)27-20(2,3)4)8-9-23(13)14-6-7-15-16(18(24)25)12-21(5)17(15)10-14/h6-7,10,12-13H,8-9,11H2,1-5H3,(H,24,25)/t13-/m0/s1. The van der Waals surface area contributed by atoms with Crippen LogP contribution >= 0.6 is 0 Å². The van der Waals surface area contributed by atoms with Gasteiger partial charge in [0.25, 0.3) is 0 Å². The molecule has 1 N–H and O–H groups in total. The second-order valence-corrected chi connectivity index (χ2v) is 8.13. The summed E-state index contributed by atoms with van der Waals surface area (Å²) in [5, 5.41) is 10.1. The lowest BCUT2D eigenvalue weighted by Gasteiger charge is -2.41. The number of amides is 1. The molecule has 2 heterocycles. The highest BCUT2D eigenvalue weighted by Crippen LogP contribution is 2.28. The highest BCUT2D eigenvalue weighted by atomic mass is 16.6. The number of anilines is 1. The first-order chi connectivity index (χ1) is 12.6. The molecule has 7 nitrogen and oxygen atoms in total. The fourth-order valence-corrected chi connectivity index (χ4v) is 3.55. The largest absolute Gasteiger partial charge is 0.478 e. The van der Waals surface area contributed by atoms with Gasteiger partial charge < -0.3 is 24.2 Å². The Morgan fingerprint density at radius 3 is 2.52 bits per heavy atom. The van der Waals surface area contributed by atoms with Crippen LogP contribution < -0.4 is 4.90 Å². The van der Waals surface area contributed by atoms with E-state index in [0.717, 1.165) is 16.6 Å². The van der Waals surface area contributed by atoms with Crippen molar-refractivity contribution in [1.82, 2.24) is 9.47 Å². The molecule has 1 atom stereocenters. The molecule has 1 saturated heterocycles. The summed E-state index contributed by atoms with van der Waals surface area (Å²) < 4.78 is 7.31. The molecule has 3 rings (SSSR count). The monoisotopic (exact) mass is 373 g/mol. The summed E-state index contributed by atoms with van der Waals surface area (Å²) in [6.45, 7) is 9.54. The fourth-order valence-electron chi connectivity index (χ4n) is 3.55. The van der Waals surface area contributed by atoms with E-state index in [1.165, 1.54) is 0 Å². The van der Waals surface area contributed by atoms with Gasteiger partial charge in [0.2, 0.25) is 0 Å². The molecule has 1 aromatic heterocycles. The smallest absolute Gasteiger partial charge is 0.410 e. The lowest BCUT2D eigenvalue weighted by atomic mass is 10.1. The SMILES string of the molecule is C[C@H]1CN(C(=O)OC(C)(C)C)CCN1c1ccc2c(C(=O)O)cn(C)c2c1. The number of piperazine rings is 1. The Bertz CT molecular complexity index is 881. The van der Waals surface area contributed by atoms with Gasteiger partial charge in [0.05, 0.1) is 11.1 Å². The fraction of sp³-hybridized carbons (Fsp3) is 0.500. The van der Waals surface area contributed by atoms with Crippen LogP contribution in [0.3, 0.4) is 0 Å². The average Bonchev–Trinajstić information content (AvgIpc) is 2.90. The van der Waals surface area contributed by atoms with Crippen LogP contribution in [-0.4, -0.2) is 57.9 Å². The van der Waals surface area contributed by atoms with Crippen LogP contribution in [-0.2, 0) is 11.8 Å². The number of carbonyl (C=O) groups excluding carboxylic acids is 1. The van der Waals surface area contributed by atoms with Crippen LogP contribution in [0.15, 0.2) is 24.4 Å². The third kappa shape index (κ3) is 3.86. The van der Waals surface area contributed by atoms with Gasteiger partial charge in [-0.05, 0) is 45.9 Å². The molecule has 146 valence electrons. The van der Waals surface area contributed by atoms with Crippen molar-refractivity contribution < 1.29 is 19.4 Å². The summed E-state index contributed by atoms with van der Waals surface area (Å²) >= 11 is 0. The summed E-state index contributed by atoms with van der Waals surface area (Å²) in [4.78, 5) is 27.7. The van der Waals surface area contributed by atoms with E-state index in [1.807, 2.05) is 50.6 Å². The minimum Gasteiger partial charge on any atom is -0.478 e. The number of aryl methyl sites for hydroxylation is 1. The van der Waals surface area contributed by atoms with E-state index in [2.05, 4.69) is 11.8 Å². The van der Waals surface area contributed by atoms with E-state index in [0.29, 0.717) is 25.2 Å². The molecule has 1 aliphatic heterocycles. The molecule has 1 aromatic carbocycles. The number of benzene rings is 1. The number of hydrogen-bond acceptors (Lipinski definition) is 4. The number of carbonyl (C=O) groups is 2. The maximum atomic E-state index is 12.3. The molecule has 0 unspecified atom stereocenters. The molecule has 0 saturated carbocycles. The zero-order valence-corrected chi connectivity index (χ0v) is 16.5. The maximum Gasteiger partial charge on any atom is 0.410 e. The van der Waals surface area contributed by atoms with Gasteiger partial charge in [-0.3, -0.25) is 0 Å². The molecule has 0 radical (unpaired) electrons. The number of aromatic carboxylic acids is 1. The number of ether oxygens (including phenoxy) is 1. The number of aromatic nitrogens is 1. The molecule has 1 fully saturated rings. The van der Waals surface area contributed by atoms with Crippen LogP contribution in [0.1, 0.15) is 38.1 Å². The first-order valence-corrected chi connectivity index (χ1v) is 9.14. The van der Waals surface area contributed by atoms with Gasteiger partial charge in [0.1, 0.15) is 5.60 Å². The molecule has 1 amide bonds. The molecular formula is C20H27N3O4. The number of fused-ring (bicyclic) bond motifs is 1. The zero-order valence-electron chi connectivity index (χ0n) is 16.5. The molecule has 7 heteroatoms. The first-order valence-electron chi connectivity index (χ1n) is 9.14. The number of carboxylic acid groups (broad SMARTS) is 1. The van der Waals surface area contributed by atoms with Gasteiger partial charge in [0, 0.05) is 50.0 Å². The molecule has 1 aliphatic rings. The van der Waals surface area contributed by atoms with Crippen LogP contribution in [0.5, 0.6) is 0 Å². The highest BCUT2D eigenvalue weighted by molar-refractivity contribution is 6.04. The Hall–Kier alpha value is -2.70. The van der Waals surface area contributed by atoms with Crippen molar-refractivity contribution >= 4 is 28.7 Å². The second kappa shape index (κ2) is 6.79. The number of rotatable bonds is 2. The summed E-state index contributed by atoms with van der Waals surface area (Å²) in [5.41, 5.74) is 1.71. The van der Waals surface area contributed by atoms with Crippen molar-refractivity contribution in [2.45, 2.75) is 39.3 Å². The highest BCUT2D eigenvalue weighted by Gasteiger charge is 2.30. The Labute approximate surface area is 159 Å². The van der Waals surface area contributed by atoms with Crippen molar-refractivity contribution in [1.29, 1.82) is 0 Å². The van der Waals surface area contributed by atoms with E-state index in [-0.39, 0.29) is 12.1 Å². The van der Waals surface area contributed by atoms with Gasteiger partial charge in [-0.1, -0.05) is 0 Å². The number of hydrogen-bond donors (Lipinski definition) is 1. The van der Waals surface area contributed by atoms with Gasteiger partial charge >= 0.3 is 12.1 Å². The average molecular weight is 373 g/mol. The van der Waals surface area contributed by atoms with Crippen LogP contribution in [0, 0.1) is 0 Å². The molecule has 2 aromatic rings. The first kappa shape index (κ1) is 19.1. The van der Waals surface area contributed by atoms with E-state index in [4.69, 9.17) is 4.74 Å². The third-order valence-electron chi connectivity index (χ3n) is 4.82. The zero-order chi connectivity index (χ0) is 19.9. The summed E-state index contributed by atoms with van der Waals surface area (Å²) in [6, 6.07) is 5.96. The van der Waals surface area contributed by atoms with E-state index < -0.39 is 11.6 Å². The van der Waals surface area contributed by atoms with E-state index in [9.17, 15) is 14.7 Å². The number of nitrogens with zero attached hydrogens (tertiary/aromatic N) is 3. The molecular weight excluding hydrogens is 346 g/mol. The topological polar surface area (TPSA) is 75.0 Å². The van der Waals surface area contributed by atoms with Gasteiger partial charge in [-0.25, -0.2) is 9.59 Å². The Morgan fingerprint density at radius 2 is 1.93 bits per heavy atom. The van der Waals surface area contributed by atoms with Gasteiger partial charge in [0.15, 0.2) is 0 Å². The summed E-state index contributed by atoms with van der Waals surface area (Å²) in [7, 11) is 1.85. The lowest BCUT2D eigenvalue weighted by molar-refractivity contribution is 0.0218. The van der Waals surface area contributed by atoms with Crippen molar-refractivity contribution in [3.05, 3.63) is 30.0 Å². The Kier molecular flexibility index (Phi) is 4.80. The minimum atomic E-state index is -0.923. The van der Waals surface area contributed by atoms with E-state index in [1.54, 1.807) is 11.1 Å². The Morgan fingerprint density at radius 1 is 1.22 bits per heavy atom. The quantitative estimate of drug-likeness (QED) is 0.874. The van der Waals surface area contributed by atoms with Crippen molar-refractivity contribution in [3.8, 4) is 0 Å². The minimum absolute atomic E-state index is 0.128. The number of carboxylic acids is 1. The maximum absolute atomic E-state index is 12.3. The third-order valence-corrected chi connectivity index (χ3v) is 4.82. The van der Waals surface area contributed by atoms with Crippen LogP contribution in [0.4, 0.5) is 10.5 Å². The van der Waals surface area contributed by atoms with Crippen molar-refractivity contribution in [2.75, 3.05) is 24.5 Å². The molecule has 0 bridgehead atoms. The van der Waals surface area contributed by atoms with Crippen LogP contribution in [0.2, 0.25) is 0 Å². The second-order valence-electron chi connectivity index (χ2n) is 8.13. The Balaban J connectivity index is 1.79.